The largest absolute Gasteiger partial charge is 0.477 e. The average molecular weight is 344 g/mol. The van der Waals surface area contributed by atoms with E-state index < -0.39 is 0 Å². The van der Waals surface area contributed by atoms with Gasteiger partial charge in [-0.1, -0.05) is 13.8 Å². The summed E-state index contributed by atoms with van der Waals surface area (Å²) in [6, 6.07) is 2.07. The van der Waals surface area contributed by atoms with Crippen LogP contribution in [0.1, 0.15) is 25.8 Å². The van der Waals surface area contributed by atoms with Gasteiger partial charge in [-0.2, -0.15) is 0 Å². The number of rotatable bonds is 9. The Bertz CT molecular complexity index is 397. The molecule has 5 heteroatoms. The van der Waals surface area contributed by atoms with E-state index in [0.717, 1.165) is 42.0 Å². The molecule has 0 aliphatic heterocycles. The predicted octanol–water partition coefficient (Wildman–Crippen LogP) is 2.92. The summed E-state index contributed by atoms with van der Waals surface area (Å²) in [7, 11) is 4.14. The van der Waals surface area contributed by atoms with E-state index in [1.165, 1.54) is 0 Å². The van der Waals surface area contributed by atoms with E-state index >= 15 is 0 Å². The van der Waals surface area contributed by atoms with Gasteiger partial charge in [0.1, 0.15) is 0 Å². The molecule has 0 aliphatic rings. The second-order valence-electron chi connectivity index (χ2n) is 5.65. The topological polar surface area (TPSA) is 37.4 Å². The van der Waals surface area contributed by atoms with Crippen molar-refractivity contribution in [1.82, 2.24) is 15.2 Å². The van der Waals surface area contributed by atoms with E-state index in [1.54, 1.807) is 6.20 Å². The van der Waals surface area contributed by atoms with Crippen LogP contribution in [0.25, 0.3) is 0 Å². The van der Waals surface area contributed by atoms with Crippen LogP contribution in [0.4, 0.5) is 0 Å². The zero-order chi connectivity index (χ0) is 15.0. The molecule has 114 valence electrons. The van der Waals surface area contributed by atoms with Crippen LogP contribution in [-0.2, 0) is 6.54 Å². The van der Waals surface area contributed by atoms with Crippen molar-refractivity contribution in [3.8, 4) is 5.88 Å². The average Bonchev–Trinajstić information content (AvgIpc) is 2.36. The first kappa shape index (κ1) is 17.4. The van der Waals surface area contributed by atoms with Crippen molar-refractivity contribution in [2.24, 2.45) is 5.92 Å². The molecule has 0 bridgehead atoms. The van der Waals surface area contributed by atoms with E-state index in [-0.39, 0.29) is 0 Å². The van der Waals surface area contributed by atoms with E-state index in [0.29, 0.717) is 12.5 Å². The van der Waals surface area contributed by atoms with Crippen molar-refractivity contribution in [3.63, 3.8) is 0 Å². The smallest absolute Gasteiger partial charge is 0.217 e. The third kappa shape index (κ3) is 7.22. The molecule has 0 atom stereocenters. The van der Waals surface area contributed by atoms with Gasteiger partial charge in [-0.15, -0.1) is 0 Å². The lowest BCUT2D eigenvalue weighted by atomic mass is 10.2. The van der Waals surface area contributed by atoms with Crippen LogP contribution < -0.4 is 10.1 Å². The second kappa shape index (κ2) is 9.32. The molecule has 0 saturated heterocycles. The van der Waals surface area contributed by atoms with Crippen molar-refractivity contribution >= 4 is 15.9 Å². The predicted molar refractivity (Wildman–Crippen MR) is 87.1 cm³/mol. The van der Waals surface area contributed by atoms with Gasteiger partial charge in [0.15, 0.2) is 0 Å². The van der Waals surface area contributed by atoms with Gasteiger partial charge in [0.2, 0.25) is 5.88 Å². The molecule has 0 aliphatic carbocycles. The fraction of sp³-hybridized carbons (Fsp3) is 0.667. The highest BCUT2D eigenvalue weighted by atomic mass is 79.9. The SMILES string of the molecule is CC(C)CNCc1cc(Br)cnc1OCCCN(C)C. The van der Waals surface area contributed by atoms with E-state index in [2.05, 4.69) is 65.1 Å². The Hall–Kier alpha value is -0.650. The van der Waals surface area contributed by atoms with Crippen LogP contribution in [0.5, 0.6) is 5.88 Å². The minimum Gasteiger partial charge on any atom is -0.477 e. The van der Waals surface area contributed by atoms with E-state index in [1.807, 2.05) is 0 Å². The standard InChI is InChI=1S/C15H26BrN3O/c1-12(2)9-17-10-13-8-14(16)11-18-15(13)20-7-5-6-19(3)4/h8,11-12,17H,5-7,9-10H2,1-4H3. The van der Waals surface area contributed by atoms with Gasteiger partial charge in [0.05, 0.1) is 6.61 Å². The van der Waals surface area contributed by atoms with Gasteiger partial charge in [-0.3, -0.25) is 0 Å². The molecule has 20 heavy (non-hydrogen) atoms. The molecule has 1 heterocycles. The fourth-order valence-electron chi connectivity index (χ4n) is 1.77. The Balaban J connectivity index is 2.51. The van der Waals surface area contributed by atoms with Crippen molar-refractivity contribution in [3.05, 3.63) is 22.3 Å². The number of ether oxygens (including phenoxy) is 1. The highest BCUT2D eigenvalue weighted by molar-refractivity contribution is 9.10. The summed E-state index contributed by atoms with van der Waals surface area (Å²) < 4.78 is 6.79. The summed E-state index contributed by atoms with van der Waals surface area (Å²) in [5.74, 6) is 1.38. The molecule has 1 aromatic rings. The van der Waals surface area contributed by atoms with Crippen LogP contribution in [0.15, 0.2) is 16.7 Å². The zero-order valence-corrected chi connectivity index (χ0v) is 14.5. The second-order valence-corrected chi connectivity index (χ2v) is 6.56. The molecule has 1 rings (SSSR count). The maximum absolute atomic E-state index is 5.80. The molecule has 0 fully saturated rings. The molecular formula is C15H26BrN3O. The van der Waals surface area contributed by atoms with Crippen LogP contribution in [0.3, 0.4) is 0 Å². The van der Waals surface area contributed by atoms with Crippen LogP contribution in [0.2, 0.25) is 0 Å². The number of pyridine rings is 1. The number of nitrogens with zero attached hydrogens (tertiary/aromatic N) is 2. The summed E-state index contributed by atoms with van der Waals surface area (Å²) in [6.07, 6.45) is 2.79. The van der Waals surface area contributed by atoms with Gasteiger partial charge in [-0.25, -0.2) is 4.98 Å². The summed E-state index contributed by atoms with van der Waals surface area (Å²) in [4.78, 5) is 6.53. The van der Waals surface area contributed by atoms with Gasteiger partial charge in [0, 0.05) is 29.3 Å². The van der Waals surface area contributed by atoms with E-state index in [9.17, 15) is 0 Å². The van der Waals surface area contributed by atoms with E-state index in [4.69, 9.17) is 4.74 Å². The lowest BCUT2D eigenvalue weighted by Crippen LogP contribution is -2.20. The molecule has 0 spiro atoms. The first-order valence-electron chi connectivity index (χ1n) is 7.11. The molecule has 1 aromatic heterocycles. The van der Waals surface area contributed by atoms with Crippen molar-refractivity contribution in [1.29, 1.82) is 0 Å². The quantitative estimate of drug-likeness (QED) is 0.699. The third-order valence-electron chi connectivity index (χ3n) is 2.75. The number of aromatic nitrogens is 1. The Kier molecular flexibility index (Phi) is 8.11. The van der Waals surface area contributed by atoms with Gasteiger partial charge in [0.25, 0.3) is 0 Å². The molecule has 0 unspecified atom stereocenters. The summed E-state index contributed by atoms with van der Waals surface area (Å²) in [5, 5.41) is 3.43. The van der Waals surface area contributed by atoms with Gasteiger partial charge >= 0.3 is 0 Å². The normalized spacial score (nSPS) is 11.3. The van der Waals surface area contributed by atoms with Crippen molar-refractivity contribution in [2.75, 3.05) is 33.8 Å². The van der Waals surface area contributed by atoms with Crippen LogP contribution in [-0.4, -0.2) is 43.7 Å². The number of halogens is 1. The number of hydrogen-bond acceptors (Lipinski definition) is 4. The Morgan fingerprint density at radius 3 is 2.80 bits per heavy atom. The lowest BCUT2D eigenvalue weighted by molar-refractivity contribution is 0.270. The minimum absolute atomic E-state index is 0.638. The van der Waals surface area contributed by atoms with Gasteiger partial charge in [-0.05, 0) is 55.0 Å². The van der Waals surface area contributed by atoms with Gasteiger partial charge < -0.3 is 15.0 Å². The Morgan fingerprint density at radius 1 is 1.40 bits per heavy atom. The molecule has 1 N–H and O–H groups in total. The van der Waals surface area contributed by atoms with Crippen LogP contribution >= 0.6 is 15.9 Å². The highest BCUT2D eigenvalue weighted by Crippen LogP contribution is 2.20. The Morgan fingerprint density at radius 2 is 2.15 bits per heavy atom. The highest BCUT2D eigenvalue weighted by Gasteiger charge is 2.07. The first-order chi connectivity index (χ1) is 9.49. The Labute approximate surface area is 131 Å². The molecule has 0 radical (unpaired) electrons. The zero-order valence-electron chi connectivity index (χ0n) is 12.9. The molecular weight excluding hydrogens is 318 g/mol. The maximum atomic E-state index is 5.80. The molecule has 4 nitrogen and oxygen atoms in total. The fourth-order valence-corrected chi connectivity index (χ4v) is 2.15. The summed E-state index contributed by atoms with van der Waals surface area (Å²) in [5.41, 5.74) is 1.10. The number of nitrogens with one attached hydrogen (secondary N) is 1. The molecule has 0 saturated carbocycles. The molecule has 0 aromatic carbocycles. The van der Waals surface area contributed by atoms with Crippen molar-refractivity contribution < 1.29 is 4.74 Å². The lowest BCUT2D eigenvalue weighted by Gasteiger charge is -2.14. The maximum Gasteiger partial charge on any atom is 0.217 e. The summed E-state index contributed by atoms with van der Waals surface area (Å²) in [6.45, 7) is 7.90. The summed E-state index contributed by atoms with van der Waals surface area (Å²) >= 11 is 3.47. The van der Waals surface area contributed by atoms with Crippen molar-refractivity contribution in [2.45, 2.75) is 26.8 Å². The third-order valence-corrected chi connectivity index (χ3v) is 3.18. The minimum atomic E-state index is 0.638. The molecule has 0 amide bonds. The monoisotopic (exact) mass is 343 g/mol. The number of hydrogen-bond donors (Lipinski definition) is 1. The van der Waals surface area contributed by atoms with Crippen LogP contribution in [0, 0.1) is 5.92 Å². The first-order valence-corrected chi connectivity index (χ1v) is 7.91.